The Hall–Kier alpha value is -3.52. The van der Waals surface area contributed by atoms with Crippen molar-refractivity contribution in [2.24, 2.45) is 0 Å². The molecule has 0 aliphatic heterocycles. The maximum atomic E-state index is 14.6. The molecule has 4 aromatic rings. The molecule has 0 radical (unpaired) electrons. The molecule has 0 unspecified atom stereocenters. The lowest BCUT2D eigenvalue weighted by Gasteiger charge is -2.08. The summed E-state index contributed by atoms with van der Waals surface area (Å²) in [5.74, 6) is -0.314. The quantitative estimate of drug-likeness (QED) is 0.442. The van der Waals surface area contributed by atoms with Crippen LogP contribution in [-0.4, -0.2) is 10.9 Å². The van der Waals surface area contributed by atoms with Crippen LogP contribution < -0.4 is 10.1 Å². The van der Waals surface area contributed by atoms with Crippen molar-refractivity contribution >= 4 is 17.2 Å². The van der Waals surface area contributed by atoms with Crippen molar-refractivity contribution in [3.05, 3.63) is 94.9 Å². The van der Waals surface area contributed by atoms with E-state index in [1.807, 2.05) is 0 Å². The number of halogens is 2. The average molecular weight is 426 g/mol. The van der Waals surface area contributed by atoms with Crippen molar-refractivity contribution in [2.75, 3.05) is 0 Å². The van der Waals surface area contributed by atoms with Crippen LogP contribution in [0.2, 0.25) is 0 Å². The third-order valence-electron chi connectivity index (χ3n) is 4.21. The second-order valence-corrected chi connectivity index (χ2v) is 7.22. The lowest BCUT2D eigenvalue weighted by molar-refractivity contribution is 0.0944. The van der Waals surface area contributed by atoms with Crippen molar-refractivity contribution in [1.82, 2.24) is 10.3 Å². The first kappa shape index (κ1) is 19.8. The zero-order valence-corrected chi connectivity index (χ0v) is 16.4. The van der Waals surface area contributed by atoms with Gasteiger partial charge in [0.05, 0.1) is 12.8 Å². The number of carbonyl (C=O) groups is 1. The average Bonchev–Trinajstić information content (AvgIpc) is 3.43. The summed E-state index contributed by atoms with van der Waals surface area (Å²) in [5.41, 5.74) is 1.11. The Morgan fingerprint density at radius 1 is 1.13 bits per heavy atom. The standard InChI is InChI=1S/C22H16F2N2O3S/c23-15-4-1-3-14(9-15)12-29-16-6-7-18(19(24)10-16)22-26-20(13-30-22)21(27)25-11-17-5-2-8-28-17/h1-10,13H,11-12H2,(H,25,27). The van der Waals surface area contributed by atoms with Crippen LogP contribution in [0.3, 0.4) is 0 Å². The highest BCUT2D eigenvalue weighted by molar-refractivity contribution is 7.13. The van der Waals surface area contributed by atoms with Crippen LogP contribution in [0.1, 0.15) is 21.8 Å². The molecule has 30 heavy (non-hydrogen) atoms. The van der Waals surface area contributed by atoms with Crippen molar-refractivity contribution < 1.29 is 22.7 Å². The molecule has 4 rings (SSSR count). The first-order valence-corrected chi connectivity index (χ1v) is 9.90. The molecule has 1 N–H and O–H groups in total. The number of benzene rings is 2. The van der Waals surface area contributed by atoms with Crippen LogP contribution in [-0.2, 0) is 13.2 Å². The minimum absolute atomic E-state index is 0.119. The summed E-state index contributed by atoms with van der Waals surface area (Å²) in [4.78, 5) is 16.4. The molecule has 0 saturated carbocycles. The van der Waals surface area contributed by atoms with Gasteiger partial charge in [-0.2, -0.15) is 0 Å². The Morgan fingerprint density at radius 2 is 2.03 bits per heavy atom. The van der Waals surface area contributed by atoms with E-state index in [2.05, 4.69) is 10.3 Å². The summed E-state index contributed by atoms with van der Waals surface area (Å²) in [7, 11) is 0. The topological polar surface area (TPSA) is 64.4 Å². The molecule has 0 spiro atoms. The molecule has 1 amide bonds. The fourth-order valence-electron chi connectivity index (χ4n) is 2.73. The fraction of sp³-hybridized carbons (Fsp3) is 0.0909. The summed E-state index contributed by atoms with van der Waals surface area (Å²) >= 11 is 1.17. The molecular weight excluding hydrogens is 410 g/mol. The maximum Gasteiger partial charge on any atom is 0.271 e. The Morgan fingerprint density at radius 3 is 2.80 bits per heavy atom. The number of nitrogens with one attached hydrogen (secondary N) is 1. The zero-order valence-electron chi connectivity index (χ0n) is 15.6. The number of aromatic nitrogens is 1. The van der Waals surface area contributed by atoms with Gasteiger partial charge in [-0.05, 0) is 42.0 Å². The number of furan rings is 1. The number of amides is 1. The Bertz CT molecular complexity index is 1160. The van der Waals surface area contributed by atoms with E-state index in [1.165, 1.54) is 35.8 Å². The molecule has 0 atom stereocenters. The smallest absolute Gasteiger partial charge is 0.271 e. The van der Waals surface area contributed by atoms with Gasteiger partial charge in [0.1, 0.15) is 40.5 Å². The highest BCUT2D eigenvalue weighted by atomic mass is 32.1. The zero-order chi connectivity index (χ0) is 20.9. The van der Waals surface area contributed by atoms with Gasteiger partial charge in [0, 0.05) is 17.0 Å². The fourth-order valence-corrected chi connectivity index (χ4v) is 3.55. The van der Waals surface area contributed by atoms with Crippen LogP contribution in [0.4, 0.5) is 8.78 Å². The van der Waals surface area contributed by atoms with E-state index in [-0.39, 0.29) is 36.1 Å². The maximum absolute atomic E-state index is 14.6. The molecule has 0 aliphatic rings. The van der Waals surface area contributed by atoms with Gasteiger partial charge in [-0.25, -0.2) is 13.8 Å². The van der Waals surface area contributed by atoms with Gasteiger partial charge in [-0.3, -0.25) is 4.79 Å². The lowest BCUT2D eigenvalue weighted by Crippen LogP contribution is -2.22. The van der Waals surface area contributed by atoms with Crippen LogP contribution in [0.5, 0.6) is 5.75 Å². The number of thiazole rings is 1. The van der Waals surface area contributed by atoms with E-state index in [0.29, 0.717) is 22.1 Å². The predicted molar refractivity (Wildman–Crippen MR) is 108 cm³/mol. The van der Waals surface area contributed by atoms with E-state index in [0.717, 1.165) is 0 Å². The number of rotatable bonds is 7. The lowest BCUT2D eigenvalue weighted by atomic mass is 10.2. The Labute approximate surface area is 175 Å². The molecule has 0 bridgehead atoms. The molecule has 152 valence electrons. The molecular formula is C22H16F2N2O3S. The molecule has 5 nitrogen and oxygen atoms in total. The van der Waals surface area contributed by atoms with Gasteiger partial charge in [-0.1, -0.05) is 12.1 Å². The van der Waals surface area contributed by atoms with Gasteiger partial charge < -0.3 is 14.5 Å². The first-order valence-electron chi connectivity index (χ1n) is 9.02. The summed E-state index contributed by atoms with van der Waals surface area (Å²) in [6, 6.07) is 13.9. The first-order chi connectivity index (χ1) is 14.6. The van der Waals surface area contributed by atoms with Crippen molar-refractivity contribution in [3.8, 4) is 16.3 Å². The second kappa shape index (κ2) is 8.87. The highest BCUT2D eigenvalue weighted by Crippen LogP contribution is 2.29. The van der Waals surface area contributed by atoms with E-state index in [9.17, 15) is 13.6 Å². The summed E-state index contributed by atoms with van der Waals surface area (Å²) in [5, 5.41) is 4.65. The monoisotopic (exact) mass is 426 g/mol. The van der Waals surface area contributed by atoms with Crippen molar-refractivity contribution in [1.29, 1.82) is 0 Å². The molecule has 0 aliphatic carbocycles. The highest BCUT2D eigenvalue weighted by Gasteiger charge is 2.15. The normalized spacial score (nSPS) is 10.7. The molecule has 2 aromatic carbocycles. The van der Waals surface area contributed by atoms with E-state index in [4.69, 9.17) is 9.15 Å². The summed E-state index contributed by atoms with van der Waals surface area (Å²) in [6.07, 6.45) is 1.52. The van der Waals surface area contributed by atoms with E-state index >= 15 is 0 Å². The van der Waals surface area contributed by atoms with Crippen LogP contribution in [0, 0.1) is 11.6 Å². The molecule has 2 aromatic heterocycles. The largest absolute Gasteiger partial charge is 0.489 e. The number of carbonyl (C=O) groups excluding carboxylic acids is 1. The minimum atomic E-state index is -0.524. The molecule has 2 heterocycles. The number of ether oxygens (including phenoxy) is 1. The third kappa shape index (κ3) is 4.72. The third-order valence-corrected chi connectivity index (χ3v) is 5.08. The second-order valence-electron chi connectivity index (χ2n) is 6.36. The molecule has 8 heteroatoms. The van der Waals surface area contributed by atoms with Gasteiger partial charge in [0.2, 0.25) is 0 Å². The number of hydrogen-bond donors (Lipinski definition) is 1. The van der Waals surface area contributed by atoms with Crippen LogP contribution >= 0.6 is 11.3 Å². The van der Waals surface area contributed by atoms with Gasteiger partial charge in [0.25, 0.3) is 5.91 Å². The SMILES string of the molecule is O=C(NCc1ccco1)c1csc(-c2ccc(OCc3cccc(F)c3)cc2F)n1. The van der Waals surface area contributed by atoms with E-state index in [1.54, 1.807) is 41.8 Å². The van der Waals surface area contributed by atoms with Gasteiger partial charge in [-0.15, -0.1) is 11.3 Å². The van der Waals surface area contributed by atoms with Gasteiger partial charge >= 0.3 is 0 Å². The van der Waals surface area contributed by atoms with Gasteiger partial charge in [0.15, 0.2) is 0 Å². The van der Waals surface area contributed by atoms with E-state index < -0.39 is 5.82 Å². The minimum Gasteiger partial charge on any atom is -0.489 e. The number of nitrogens with zero attached hydrogens (tertiary/aromatic N) is 1. The number of hydrogen-bond acceptors (Lipinski definition) is 5. The molecule has 0 fully saturated rings. The molecule has 0 saturated heterocycles. The van der Waals surface area contributed by atoms with Crippen LogP contribution in [0.15, 0.2) is 70.7 Å². The van der Waals surface area contributed by atoms with Crippen molar-refractivity contribution in [2.45, 2.75) is 13.2 Å². The Balaban J connectivity index is 1.41. The Kier molecular flexibility index (Phi) is 5.85. The van der Waals surface area contributed by atoms with Crippen LogP contribution in [0.25, 0.3) is 10.6 Å². The van der Waals surface area contributed by atoms with Crippen molar-refractivity contribution in [3.63, 3.8) is 0 Å². The summed E-state index contributed by atoms with van der Waals surface area (Å²) < 4.78 is 38.5. The summed E-state index contributed by atoms with van der Waals surface area (Å²) in [6.45, 7) is 0.359. The predicted octanol–water partition coefficient (Wildman–Crippen LogP) is 5.19.